The summed E-state index contributed by atoms with van der Waals surface area (Å²) < 4.78 is 5.71. The van der Waals surface area contributed by atoms with Crippen LogP contribution in [0.4, 0.5) is 4.79 Å². The number of carbonyl (C=O) groups is 1. The summed E-state index contributed by atoms with van der Waals surface area (Å²) >= 11 is 0. The number of nitrogens with zero attached hydrogens (tertiary/aromatic N) is 1. The van der Waals surface area contributed by atoms with E-state index in [9.17, 15) is 4.79 Å². The molecule has 1 N–H and O–H groups in total. The maximum Gasteiger partial charge on any atom is 0.317 e. The second kappa shape index (κ2) is 4.61. The summed E-state index contributed by atoms with van der Waals surface area (Å²) in [5, 5.41) is 4.07. The fraction of sp³-hybridized carbons (Fsp3) is 0.400. The van der Waals surface area contributed by atoms with E-state index in [1.54, 1.807) is 11.9 Å². The minimum atomic E-state index is -0.0326. The average Bonchev–Trinajstić information content (AvgIpc) is 2.91. The van der Waals surface area contributed by atoms with Crippen molar-refractivity contribution in [1.82, 2.24) is 10.2 Å². The van der Waals surface area contributed by atoms with Crippen LogP contribution in [0.3, 0.4) is 0 Å². The smallest absolute Gasteiger partial charge is 0.317 e. The Morgan fingerprint density at radius 2 is 2.21 bits per heavy atom. The normalized spacial score (nSPS) is 21.4. The van der Waals surface area contributed by atoms with Crippen molar-refractivity contribution in [3.05, 3.63) is 36.1 Å². The van der Waals surface area contributed by atoms with E-state index in [-0.39, 0.29) is 6.03 Å². The summed E-state index contributed by atoms with van der Waals surface area (Å²) in [5.41, 5.74) is 0.863. The van der Waals surface area contributed by atoms with Gasteiger partial charge in [-0.05, 0) is 24.5 Å². The molecular formula is C15H18N2O2. The Morgan fingerprint density at radius 3 is 2.89 bits per heavy atom. The molecular weight excluding hydrogens is 240 g/mol. The lowest BCUT2D eigenvalue weighted by atomic mass is 10.2. The molecule has 0 spiro atoms. The van der Waals surface area contributed by atoms with Crippen LogP contribution in [0.1, 0.15) is 19.1 Å². The Labute approximate surface area is 112 Å². The summed E-state index contributed by atoms with van der Waals surface area (Å²) in [6.07, 6.45) is 1.09. The van der Waals surface area contributed by atoms with Gasteiger partial charge >= 0.3 is 6.03 Å². The predicted octanol–water partition coefficient (Wildman–Crippen LogP) is 2.98. The lowest BCUT2D eigenvalue weighted by molar-refractivity contribution is 0.202. The molecule has 4 nitrogen and oxygen atoms in total. The Hall–Kier alpha value is -1.97. The second-order valence-electron chi connectivity index (χ2n) is 5.38. The number of furan rings is 1. The van der Waals surface area contributed by atoms with Crippen LogP contribution >= 0.6 is 0 Å². The molecule has 2 atom stereocenters. The molecule has 3 rings (SSSR count). The van der Waals surface area contributed by atoms with Gasteiger partial charge in [-0.15, -0.1) is 0 Å². The van der Waals surface area contributed by atoms with Gasteiger partial charge in [-0.1, -0.05) is 25.1 Å². The van der Waals surface area contributed by atoms with Crippen molar-refractivity contribution in [2.45, 2.75) is 25.9 Å². The molecule has 0 aliphatic heterocycles. The molecule has 4 heteroatoms. The van der Waals surface area contributed by atoms with E-state index in [4.69, 9.17) is 4.42 Å². The van der Waals surface area contributed by atoms with Crippen LogP contribution < -0.4 is 5.32 Å². The van der Waals surface area contributed by atoms with Crippen LogP contribution in [-0.4, -0.2) is 24.0 Å². The van der Waals surface area contributed by atoms with Gasteiger partial charge in [0.15, 0.2) is 0 Å². The summed E-state index contributed by atoms with van der Waals surface area (Å²) in [7, 11) is 1.79. The molecule has 1 aliphatic rings. The van der Waals surface area contributed by atoms with Crippen molar-refractivity contribution in [3.8, 4) is 0 Å². The third-order valence-corrected chi connectivity index (χ3v) is 3.63. The first-order chi connectivity index (χ1) is 9.13. The molecule has 1 aromatic heterocycles. The van der Waals surface area contributed by atoms with E-state index in [0.717, 1.165) is 23.2 Å². The van der Waals surface area contributed by atoms with E-state index < -0.39 is 0 Å². The van der Waals surface area contributed by atoms with Crippen LogP contribution in [0.15, 0.2) is 34.7 Å². The lowest BCUT2D eigenvalue weighted by Gasteiger charge is -2.16. The molecule has 2 amide bonds. The minimum Gasteiger partial charge on any atom is -0.459 e. The first-order valence-corrected chi connectivity index (χ1v) is 6.62. The van der Waals surface area contributed by atoms with Gasteiger partial charge in [-0.2, -0.15) is 0 Å². The Morgan fingerprint density at radius 1 is 1.47 bits per heavy atom. The number of hydrogen-bond donors (Lipinski definition) is 1. The molecule has 0 saturated heterocycles. The monoisotopic (exact) mass is 258 g/mol. The van der Waals surface area contributed by atoms with E-state index in [2.05, 4.69) is 12.2 Å². The second-order valence-corrected chi connectivity index (χ2v) is 5.38. The predicted molar refractivity (Wildman–Crippen MR) is 73.8 cm³/mol. The number of para-hydroxylation sites is 1. The molecule has 1 aliphatic carbocycles. The average molecular weight is 258 g/mol. The van der Waals surface area contributed by atoms with Gasteiger partial charge in [-0.3, -0.25) is 0 Å². The molecule has 1 fully saturated rings. The van der Waals surface area contributed by atoms with E-state index >= 15 is 0 Å². The maximum atomic E-state index is 11.9. The largest absolute Gasteiger partial charge is 0.459 e. The van der Waals surface area contributed by atoms with Crippen molar-refractivity contribution in [2.75, 3.05) is 7.05 Å². The van der Waals surface area contributed by atoms with Crippen LogP contribution in [0.25, 0.3) is 11.0 Å². The Balaban J connectivity index is 1.64. The van der Waals surface area contributed by atoms with Gasteiger partial charge in [0.25, 0.3) is 0 Å². The molecule has 2 aromatic rings. The maximum absolute atomic E-state index is 11.9. The van der Waals surface area contributed by atoms with Crippen molar-refractivity contribution < 1.29 is 9.21 Å². The summed E-state index contributed by atoms with van der Waals surface area (Å²) in [6.45, 7) is 2.63. The number of carbonyl (C=O) groups excluding carboxylic acids is 1. The number of hydrogen-bond acceptors (Lipinski definition) is 2. The van der Waals surface area contributed by atoms with Crippen LogP contribution in [0.2, 0.25) is 0 Å². The lowest BCUT2D eigenvalue weighted by Crippen LogP contribution is -2.38. The highest BCUT2D eigenvalue weighted by Gasteiger charge is 2.34. The van der Waals surface area contributed by atoms with Crippen molar-refractivity contribution in [1.29, 1.82) is 0 Å². The highest BCUT2D eigenvalue weighted by molar-refractivity contribution is 5.78. The van der Waals surface area contributed by atoms with Crippen molar-refractivity contribution in [2.24, 2.45) is 5.92 Å². The molecule has 0 radical (unpaired) electrons. The molecule has 2 unspecified atom stereocenters. The molecule has 19 heavy (non-hydrogen) atoms. The number of nitrogens with one attached hydrogen (secondary N) is 1. The standard InChI is InChI=1S/C15H18N2O2/c1-10-7-13(10)16-15(18)17(2)9-12-8-11-5-3-4-6-14(11)19-12/h3-6,8,10,13H,7,9H2,1-2H3,(H,16,18). The number of benzene rings is 1. The molecule has 0 bridgehead atoms. The fourth-order valence-corrected chi connectivity index (χ4v) is 2.21. The van der Waals surface area contributed by atoms with Crippen LogP contribution in [0, 0.1) is 5.92 Å². The Bertz CT molecular complexity index is 572. The topological polar surface area (TPSA) is 45.5 Å². The molecule has 100 valence electrons. The number of urea groups is 1. The Kier molecular flexibility index (Phi) is 2.93. The van der Waals surface area contributed by atoms with Crippen LogP contribution in [0.5, 0.6) is 0 Å². The fourth-order valence-electron chi connectivity index (χ4n) is 2.21. The van der Waals surface area contributed by atoms with Gasteiger partial charge in [0.05, 0.1) is 6.54 Å². The number of rotatable bonds is 3. The zero-order chi connectivity index (χ0) is 13.4. The summed E-state index contributed by atoms with van der Waals surface area (Å²) in [5.74, 6) is 1.42. The van der Waals surface area contributed by atoms with Crippen molar-refractivity contribution >= 4 is 17.0 Å². The summed E-state index contributed by atoms with van der Waals surface area (Å²) in [4.78, 5) is 13.6. The molecule has 1 saturated carbocycles. The SMILES string of the molecule is CC1CC1NC(=O)N(C)Cc1cc2ccccc2o1. The van der Waals surface area contributed by atoms with E-state index in [0.29, 0.717) is 18.5 Å². The van der Waals surface area contributed by atoms with E-state index in [1.165, 1.54) is 0 Å². The molecule has 1 heterocycles. The van der Waals surface area contributed by atoms with Gasteiger partial charge in [0, 0.05) is 18.5 Å². The first-order valence-electron chi connectivity index (χ1n) is 6.62. The summed E-state index contributed by atoms with van der Waals surface area (Å²) in [6, 6.07) is 10.2. The first kappa shape index (κ1) is 12.1. The third kappa shape index (κ3) is 2.57. The van der Waals surface area contributed by atoms with Crippen LogP contribution in [-0.2, 0) is 6.54 Å². The van der Waals surface area contributed by atoms with Gasteiger partial charge < -0.3 is 14.6 Å². The van der Waals surface area contributed by atoms with Gasteiger partial charge in [0.1, 0.15) is 11.3 Å². The highest BCUT2D eigenvalue weighted by atomic mass is 16.3. The molecule has 1 aromatic carbocycles. The number of amides is 2. The van der Waals surface area contributed by atoms with Crippen molar-refractivity contribution in [3.63, 3.8) is 0 Å². The highest BCUT2D eigenvalue weighted by Crippen LogP contribution is 2.29. The zero-order valence-electron chi connectivity index (χ0n) is 11.2. The minimum absolute atomic E-state index is 0.0326. The van der Waals surface area contributed by atoms with Gasteiger partial charge in [0.2, 0.25) is 0 Å². The zero-order valence-corrected chi connectivity index (χ0v) is 11.2. The van der Waals surface area contributed by atoms with E-state index in [1.807, 2.05) is 30.3 Å². The quantitative estimate of drug-likeness (QED) is 0.920. The van der Waals surface area contributed by atoms with Gasteiger partial charge in [-0.25, -0.2) is 4.79 Å². The number of fused-ring (bicyclic) bond motifs is 1. The third-order valence-electron chi connectivity index (χ3n) is 3.63.